The Kier molecular flexibility index (Phi) is 4.64. The summed E-state index contributed by atoms with van der Waals surface area (Å²) in [6, 6.07) is 6.01. The summed E-state index contributed by atoms with van der Waals surface area (Å²) in [5, 5.41) is 10.7. The van der Waals surface area contributed by atoms with Gasteiger partial charge in [-0.05, 0) is 53.2 Å². The molecule has 7 heteroatoms. The van der Waals surface area contributed by atoms with Crippen molar-refractivity contribution in [3.63, 3.8) is 0 Å². The molecule has 0 radical (unpaired) electrons. The molecule has 1 N–H and O–H groups in total. The Bertz CT molecular complexity index is 854. The van der Waals surface area contributed by atoms with Crippen molar-refractivity contribution in [1.29, 1.82) is 0 Å². The van der Waals surface area contributed by atoms with E-state index < -0.39 is 0 Å². The maximum atomic E-state index is 12.7. The molecule has 132 valence electrons. The van der Waals surface area contributed by atoms with E-state index in [2.05, 4.69) is 15.6 Å². The molecule has 2 atom stereocenters. The van der Waals surface area contributed by atoms with E-state index in [4.69, 9.17) is 27.8 Å². The number of amides is 1. The first-order valence-corrected chi connectivity index (χ1v) is 8.71. The zero-order valence-electron chi connectivity index (χ0n) is 14.4. The minimum absolute atomic E-state index is 0.0125. The summed E-state index contributed by atoms with van der Waals surface area (Å²) in [6.07, 6.45) is 1.71. The SMILES string of the molecule is Cc1ccc(C)c(-c2nonc2NC(=O)C2C(C=C(Cl)Cl)C2(C)C)c1. The van der Waals surface area contributed by atoms with E-state index in [0.717, 1.165) is 16.7 Å². The molecule has 1 fully saturated rings. The lowest BCUT2D eigenvalue weighted by Crippen LogP contribution is -2.17. The molecule has 2 unspecified atom stereocenters. The summed E-state index contributed by atoms with van der Waals surface area (Å²) >= 11 is 11.5. The smallest absolute Gasteiger partial charge is 0.229 e. The van der Waals surface area contributed by atoms with Crippen LogP contribution in [0.15, 0.2) is 33.4 Å². The summed E-state index contributed by atoms with van der Waals surface area (Å²) in [4.78, 5) is 12.7. The van der Waals surface area contributed by atoms with Gasteiger partial charge in [0.25, 0.3) is 0 Å². The van der Waals surface area contributed by atoms with Crippen molar-refractivity contribution in [1.82, 2.24) is 10.3 Å². The molecule has 1 aliphatic carbocycles. The molecule has 1 aliphatic rings. The Hall–Kier alpha value is -1.85. The van der Waals surface area contributed by atoms with Crippen molar-refractivity contribution in [3.8, 4) is 11.3 Å². The molecule has 0 aliphatic heterocycles. The van der Waals surface area contributed by atoms with Gasteiger partial charge >= 0.3 is 0 Å². The van der Waals surface area contributed by atoms with Crippen molar-refractivity contribution >= 4 is 34.9 Å². The van der Waals surface area contributed by atoms with Crippen molar-refractivity contribution < 1.29 is 9.42 Å². The molecule has 1 heterocycles. The molecule has 1 aromatic heterocycles. The number of aromatic nitrogens is 2. The highest BCUT2D eigenvalue weighted by Gasteiger charge is 2.60. The molecule has 0 saturated heterocycles. The van der Waals surface area contributed by atoms with Gasteiger partial charge in [0.05, 0.1) is 5.92 Å². The van der Waals surface area contributed by atoms with Crippen LogP contribution < -0.4 is 5.32 Å². The van der Waals surface area contributed by atoms with E-state index in [0.29, 0.717) is 11.5 Å². The topological polar surface area (TPSA) is 68.0 Å². The Morgan fingerprint density at radius 1 is 1.28 bits per heavy atom. The molecule has 1 amide bonds. The van der Waals surface area contributed by atoms with Crippen LogP contribution in [0.2, 0.25) is 0 Å². The van der Waals surface area contributed by atoms with Crippen LogP contribution in [0, 0.1) is 31.1 Å². The number of aryl methyl sites for hydroxylation is 2. The Labute approximate surface area is 156 Å². The van der Waals surface area contributed by atoms with E-state index in [9.17, 15) is 4.79 Å². The van der Waals surface area contributed by atoms with Crippen molar-refractivity contribution in [3.05, 3.63) is 39.9 Å². The highest BCUT2D eigenvalue weighted by molar-refractivity contribution is 6.55. The average molecular weight is 380 g/mol. The van der Waals surface area contributed by atoms with Crippen molar-refractivity contribution in [2.45, 2.75) is 27.7 Å². The maximum Gasteiger partial charge on any atom is 0.229 e. The van der Waals surface area contributed by atoms with E-state index in [-0.39, 0.29) is 27.6 Å². The summed E-state index contributed by atoms with van der Waals surface area (Å²) in [5.41, 5.74) is 3.31. The number of hydrogen-bond acceptors (Lipinski definition) is 4. The minimum atomic E-state index is -0.233. The number of allylic oxidation sites excluding steroid dienone is 1. The maximum absolute atomic E-state index is 12.7. The quantitative estimate of drug-likeness (QED) is 0.821. The monoisotopic (exact) mass is 379 g/mol. The minimum Gasteiger partial charge on any atom is -0.306 e. The van der Waals surface area contributed by atoms with Crippen molar-refractivity contribution in [2.75, 3.05) is 5.32 Å². The predicted molar refractivity (Wildman–Crippen MR) is 98.4 cm³/mol. The van der Waals surface area contributed by atoms with Crippen LogP contribution in [0.1, 0.15) is 25.0 Å². The van der Waals surface area contributed by atoms with Crippen molar-refractivity contribution in [2.24, 2.45) is 17.3 Å². The third kappa shape index (κ3) is 3.44. The van der Waals surface area contributed by atoms with Gasteiger partial charge in [0.1, 0.15) is 4.49 Å². The molecular weight excluding hydrogens is 361 g/mol. The molecule has 25 heavy (non-hydrogen) atoms. The number of carbonyl (C=O) groups is 1. The van der Waals surface area contributed by atoms with E-state index in [1.165, 1.54) is 0 Å². The number of carbonyl (C=O) groups excluding carboxylic acids is 1. The van der Waals surface area contributed by atoms with Crippen LogP contribution in [0.25, 0.3) is 11.3 Å². The zero-order chi connectivity index (χ0) is 18.4. The number of rotatable bonds is 4. The largest absolute Gasteiger partial charge is 0.306 e. The number of nitrogens with one attached hydrogen (secondary N) is 1. The third-order valence-corrected chi connectivity index (χ3v) is 5.13. The van der Waals surface area contributed by atoms with Crippen LogP contribution in [0.5, 0.6) is 0 Å². The molecule has 2 aromatic rings. The lowest BCUT2D eigenvalue weighted by molar-refractivity contribution is -0.118. The number of nitrogens with zero attached hydrogens (tertiary/aromatic N) is 2. The highest BCUT2D eigenvalue weighted by Crippen LogP contribution is 2.60. The first kappa shape index (κ1) is 18.0. The van der Waals surface area contributed by atoms with Gasteiger partial charge in [0, 0.05) is 5.56 Å². The summed E-state index contributed by atoms with van der Waals surface area (Å²) in [7, 11) is 0. The van der Waals surface area contributed by atoms with Gasteiger partial charge in [-0.25, -0.2) is 4.63 Å². The predicted octanol–water partition coefficient (Wildman–Crippen LogP) is 4.88. The summed E-state index contributed by atoms with van der Waals surface area (Å²) in [5.74, 6) is -0.0751. The van der Waals surface area contributed by atoms with E-state index in [1.807, 2.05) is 45.9 Å². The van der Waals surface area contributed by atoms with E-state index in [1.54, 1.807) is 6.08 Å². The molecular formula is C18H19Cl2N3O2. The second-order valence-electron chi connectivity index (χ2n) is 7.05. The normalized spacial score (nSPS) is 20.9. The van der Waals surface area contributed by atoms with Crippen LogP contribution in [0.4, 0.5) is 5.82 Å². The fourth-order valence-corrected chi connectivity index (χ4v) is 3.53. The fraction of sp³-hybridized carbons (Fsp3) is 0.389. The first-order valence-electron chi connectivity index (χ1n) is 7.95. The van der Waals surface area contributed by atoms with Gasteiger partial charge in [0.15, 0.2) is 5.69 Å². The van der Waals surface area contributed by atoms with Gasteiger partial charge in [-0.2, -0.15) is 0 Å². The Balaban J connectivity index is 1.84. The van der Waals surface area contributed by atoms with Crippen LogP contribution in [-0.2, 0) is 4.79 Å². The van der Waals surface area contributed by atoms with Gasteiger partial charge in [0.2, 0.25) is 11.7 Å². The lowest BCUT2D eigenvalue weighted by atomic mass is 10.0. The molecule has 1 aromatic carbocycles. The lowest BCUT2D eigenvalue weighted by Gasteiger charge is -2.07. The summed E-state index contributed by atoms with van der Waals surface area (Å²) < 4.78 is 5.04. The number of anilines is 1. The second kappa shape index (κ2) is 6.46. The Morgan fingerprint density at radius 3 is 2.68 bits per heavy atom. The molecule has 0 bridgehead atoms. The second-order valence-corrected chi connectivity index (χ2v) is 8.06. The standard InChI is InChI=1S/C18H19Cl2N3O2/c1-9-5-6-10(2)11(7-9)15-16(23-25-22-15)21-17(24)14-12(8-13(19)20)18(14,3)4/h5-8,12,14H,1-4H3,(H,21,23,24). The van der Waals surface area contributed by atoms with Crippen LogP contribution >= 0.6 is 23.2 Å². The Morgan fingerprint density at radius 2 is 2.00 bits per heavy atom. The highest BCUT2D eigenvalue weighted by atomic mass is 35.5. The first-order chi connectivity index (χ1) is 11.7. The number of hydrogen-bond donors (Lipinski definition) is 1. The summed E-state index contributed by atoms with van der Waals surface area (Å²) in [6.45, 7) is 7.97. The van der Waals surface area contributed by atoms with Gasteiger partial charge < -0.3 is 5.32 Å². The van der Waals surface area contributed by atoms with Gasteiger partial charge in [-0.15, -0.1) is 0 Å². The van der Waals surface area contributed by atoms with Crippen LogP contribution in [-0.4, -0.2) is 16.2 Å². The zero-order valence-corrected chi connectivity index (χ0v) is 15.9. The number of benzene rings is 1. The third-order valence-electron chi connectivity index (χ3n) is 4.88. The molecule has 5 nitrogen and oxygen atoms in total. The molecule has 3 rings (SSSR count). The molecule has 0 spiro atoms. The van der Waals surface area contributed by atoms with E-state index >= 15 is 0 Å². The van der Waals surface area contributed by atoms with Gasteiger partial charge in [-0.1, -0.05) is 54.7 Å². The fourth-order valence-electron chi connectivity index (χ4n) is 3.26. The van der Waals surface area contributed by atoms with Gasteiger partial charge in [-0.3, -0.25) is 4.79 Å². The van der Waals surface area contributed by atoms with Crippen LogP contribution in [0.3, 0.4) is 0 Å². The number of halogens is 2. The average Bonchev–Trinajstić information content (AvgIpc) is 2.85. The molecule has 1 saturated carbocycles.